The van der Waals surface area contributed by atoms with E-state index >= 15 is 0 Å². The first-order valence-electron chi connectivity index (χ1n) is 18.3. The Hall–Kier alpha value is -7.86. The van der Waals surface area contributed by atoms with E-state index in [4.69, 9.17) is 0 Å². The summed E-state index contributed by atoms with van der Waals surface area (Å²) in [4.78, 5) is 0. The highest BCUT2D eigenvalue weighted by Crippen LogP contribution is 2.43. The third-order valence-corrected chi connectivity index (χ3v) is 11.1. The quantitative estimate of drug-likeness (QED) is 0.184. The third-order valence-electron chi connectivity index (χ3n) is 11.1. The van der Waals surface area contributed by atoms with Crippen molar-refractivity contribution in [2.75, 3.05) is 0 Å². The van der Waals surface area contributed by atoms with Crippen molar-refractivity contribution in [2.24, 2.45) is 0 Å². The Balaban J connectivity index is 1.23. The van der Waals surface area contributed by atoms with Crippen LogP contribution >= 0.6 is 0 Å². The van der Waals surface area contributed by atoms with E-state index in [1.807, 2.05) is 36.4 Å². The highest BCUT2D eigenvalue weighted by atomic mass is 15.0. The maximum Gasteiger partial charge on any atom is 0.101 e. The van der Waals surface area contributed by atoms with Gasteiger partial charge in [0.05, 0.1) is 61.7 Å². The first kappa shape index (κ1) is 30.7. The summed E-state index contributed by atoms with van der Waals surface area (Å²) in [6.07, 6.45) is 0. The van der Waals surface area contributed by atoms with E-state index in [1.54, 1.807) is 0 Å². The average Bonchev–Trinajstić information content (AvgIpc) is 3.88. The average molecular weight is 700 g/mol. The fourth-order valence-corrected chi connectivity index (χ4v) is 8.83. The molecule has 0 saturated heterocycles. The Morgan fingerprint density at radius 1 is 0.345 bits per heavy atom. The molecule has 0 fully saturated rings. The van der Waals surface area contributed by atoms with E-state index in [-0.39, 0.29) is 0 Å². The van der Waals surface area contributed by atoms with E-state index in [1.165, 1.54) is 10.8 Å². The first-order chi connectivity index (χ1) is 27.2. The minimum Gasteiger partial charge on any atom is -0.309 e. The normalized spacial score (nSPS) is 11.6. The van der Waals surface area contributed by atoms with E-state index in [9.17, 15) is 10.5 Å². The van der Waals surface area contributed by atoms with Gasteiger partial charge in [-0.15, -0.1) is 0 Å². The van der Waals surface area contributed by atoms with Crippen LogP contribution in [-0.4, -0.2) is 13.7 Å². The summed E-state index contributed by atoms with van der Waals surface area (Å²) in [6.45, 7) is 0. The number of nitriles is 2. The molecule has 0 spiro atoms. The lowest BCUT2D eigenvalue weighted by molar-refractivity contribution is 1.14. The summed E-state index contributed by atoms with van der Waals surface area (Å²) in [5, 5.41) is 27.4. The standard InChI is InChI=1S/C50H29N5/c51-30-32-24-27-48-42(28-32)39-17-5-9-22-46(39)54(48)45-21-8-4-16-38(45)41-18-11-12-33(31-52)50(41)55-47-23-10-3-15-37(47)40-26-25-34(29-49(40)55)53-43-19-6-1-13-35(43)36-14-2-7-20-44(36)53/h1-29H. The maximum atomic E-state index is 10.9. The molecule has 254 valence electrons. The van der Waals surface area contributed by atoms with Gasteiger partial charge in [0.2, 0.25) is 0 Å². The van der Waals surface area contributed by atoms with Gasteiger partial charge in [0.15, 0.2) is 0 Å². The summed E-state index contributed by atoms with van der Waals surface area (Å²) in [6, 6.07) is 65.9. The number of nitrogens with zero attached hydrogens (tertiary/aromatic N) is 5. The van der Waals surface area contributed by atoms with E-state index in [0.29, 0.717) is 11.1 Å². The third kappa shape index (κ3) is 4.39. The summed E-state index contributed by atoms with van der Waals surface area (Å²) in [5.74, 6) is 0. The topological polar surface area (TPSA) is 62.4 Å². The van der Waals surface area contributed by atoms with Crippen LogP contribution in [0.2, 0.25) is 0 Å². The monoisotopic (exact) mass is 699 g/mol. The van der Waals surface area contributed by atoms with Crippen LogP contribution in [0.15, 0.2) is 176 Å². The fraction of sp³-hybridized carbons (Fsp3) is 0. The van der Waals surface area contributed by atoms with E-state index in [0.717, 1.165) is 82.8 Å². The van der Waals surface area contributed by atoms with Crippen molar-refractivity contribution >= 4 is 65.4 Å². The van der Waals surface area contributed by atoms with Crippen molar-refractivity contribution in [1.29, 1.82) is 10.5 Å². The van der Waals surface area contributed by atoms with Crippen LogP contribution in [0.4, 0.5) is 0 Å². The van der Waals surface area contributed by atoms with Crippen LogP contribution in [0.25, 0.3) is 93.6 Å². The van der Waals surface area contributed by atoms with Gasteiger partial charge >= 0.3 is 0 Å². The smallest absolute Gasteiger partial charge is 0.101 e. The van der Waals surface area contributed by atoms with Gasteiger partial charge in [-0.2, -0.15) is 10.5 Å². The Labute approximate surface area is 316 Å². The number of fused-ring (bicyclic) bond motifs is 9. The van der Waals surface area contributed by atoms with Gasteiger partial charge in [-0.25, -0.2) is 0 Å². The van der Waals surface area contributed by atoms with Crippen LogP contribution in [-0.2, 0) is 0 Å². The molecule has 0 N–H and O–H groups in total. The minimum absolute atomic E-state index is 0.582. The molecule has 0 bridgehead atoms. The molecule has 0 aliphatic heterocycles. The van der Waals surface area contributed by atoms with Gasteiger partial charge < -0.3 is 13.7 Å². The summed E-state index contributed by atoms with van der Waals surface area (Å²) < 4.78 is 6.92. The van der Waals surface area contributed by atoms with Crippen molar-refractivity contribution in [1.82, 2.24) is 13.7 Å². The van der Waals surface area contributed by atoms with Gasteiger partial charge in [0.25, 0.3) is 0 Å². The number of benzene rings is 8. The Kier molecular flexibility index (Phi) is 6.61. The second-order valence-corrected chi connectivity index (χ2v) is 14.0. The van der Waals surface area contributed by atoms with Gasteiger partial charge in [0.1, 0.15) is 6.07 Å². The zero-order chi connectivity index (χ0) is 36.6. The molecular formula is C50H29N5. The minimum atomic E-state index is 0.582. The molecule has 0 aliphatic rings. The largest absolute Gasteiger partial charge is 0.309 e. The van der Waals surface area contributed by atoms with Crippen LogP contribution in [0, 0.1) is 22.7 Å². The molecule has 5 nitrogen and oxygen atoms in total. The number of aromatic nitrogens is 3. The van der Waals surface area contributed by atoms with Crippen molar-refractivity contribution in [3.8, 4) is 40.3 Å². The Morgan fingerprint density at radius 2 is 0.873 bits per heavy atom. The van der Waals surface area contributed by atoms with Gasteiger partial charge in [0, 0.05) is 49.1 Å². The number of rotatable bonds is 4. The van der Waals surface area contributed by atoms with Crippen LogP contribution in [0.1, 0.15) is 11.1 Å². The van der Waals surface area contributed by atoms with Crippen LogP contribution in [0.5, 0.6) is 0 Å². The lowest BCUT2D eigenvalue weighted by atomic mass is 9.98. The molecule has 0 atom stereocenters. The van der Waals surface area contributed by atoms with Crippen LogP contribution in [0.3, 0.4) is 0 Å². The molecule has 0 radical (unpaired) electrons. The van der Waals surface area contributed by atoms with Crippen LogP contribution < -0.4 is 0 Å². The molecule has 0 unspecified atom stereocenters. The summed E-state index contributed by atoms with van der Waals surface area (Å²) in [5.41, 5.74) is 12.4. The maximum absolute atomic E-state index is 10.9. The predicted molar refractivity (Wildman–Crippen MR) is 224 cm³/mol. The SMILES string of the molecule is N#Cc1ccc2c(c1)c1ccccc1n2-c1ccccc1-c1cccc(C#N)c1-n1c2ccccc2c2ccc(-n3c4ccccc4c4ccccc43)cc21. The molecule has 11 aromatic rings. The highest BCUT2D eigenvalue weighted by Gasteiger charge is 2.23. The van der Waals surface area contributed by atoms with E-state index in [2.05, 4.69) is 165 Å². The highest BCUT2D eigenvalue weighted by molar-refractivity contribution is 6.13. The molecule has 55 heavy (non-hydrogen) atoms. The van der Waals surface area contributed by atoms with Gasteiger partial charge in [-0.1, -0.05) is 109 Å². The zero-order valence-electron chi connectivity index (χ0n) is 29.5. The van der Waals surface area contributed by atoms with Crippen molar-refractivity contribution in [2.45, 2.75) is 0 Å². The molecule has 0 amide bonds. The second kappa shape index (κ2) is 11.8. The molecular weight excluding hydrogens is 671 g/mol. The second-order valence-electron chi connectivity index (χ2n) is 14.0. The molecule has 5 heteroatoms. The van der Waals surface area contributed by atoms with Gasteiger partial charge in [-0.3, -0.25) is 0 Å². The summed E-state index contributed by atoms with van der Waals surface area (Å²) >= 11 is 0. The molecule has 0 aliphatic carbocycles. The molecule has 3 aromatic heterocycles. The number of para-hydroxylation sites is 6. The molecule has 0 saturated carbocycles. The lowest BCUT2D eigenvalue weighted by Crippen LogP contribution is -2.04. The van der Waals surface area contributed by atoms with Gasteiger partial charge in [-0.05, 0) is 66.7 Å². The Bertz CT molecular complexity index is 3420. The van der Waals surface area contributed by atoms with Crippen molar-refractivity contribution in [3.63, 3.8) is 0 Å². The number of hydrogen-bond donors (Lipinski definition) is 0. The zero-order valence-corrected chi connectivity index (χ0v) is 29.5. The summed E-state index contributed by atoms with van der Waals surface area (Å²) in [7, 11) is 0. The van der Waals surface area contributed by atoms with Crippen molar-refractivity contribution in [3.05, 3.63) is 187 Å². The fourth-order valence-electron chi connectivity index (χ4n) is 8.83. The molecule has 3 heterocycles. The molecule has 8 aromatic carbocycles. The molecule has 11 rings (SSSR count). The first-order valence-corrected chi connectivity index (χ1v) is 18.3. The van der Waals surface area contributed by atoms with Crippen molar-refractivity contribution < 1.29 is 0 Å². The predicted octanol–water partition coefficient (Wildman–Crippen LogP) is 12.4. The van der Waals surface area contributed by atoms with E-state index < -0.39 is 0 Å². The lowest BCUT2D eigenvalue weighted by Gasteiger charge is -2.19. The number of hydrogen-bond acceptors (Lipinski definition) is 2. The Morgan fingerprint density at radius 3 is 1.53 bits per heavy atom.